The second kappa shape index (κ2) is 6.22. The Bertz CT molecular complexity index is 1100. The molecule has 4 rings (SSSR count). The molecule has 0 bridgehead atoms. The fourth-order valence-corrected chi connectivity index (χ4v) is 3.88. The first-order valence-electron chi connectivity index (χ1n) is 7.20. The molecular formula is C15H11N5O3S2. The lowest BCUT2D eigenvalue weighted by atomic mass is 10.2. The fraction of sp³-hybridized carbons (Fsp3) is 0.133. The molecule has 0 aliphatic heterocycles. The molecule has 4 aromatic rings. The standard InChI is InChI=1S/C15H11N5O3S2/c1-23-11(21)8-19-15(22)20-13(10-5-3-7-25-10)12(9-4-2-6-24-9)16-17-14(20)18-19/h2-7H,8H2,1H3. The van der Waals surface area contributed by atoms with Gasteiger partial charge in [-0.15, -0.1) is 38.0 Å². The molecule has 0 unspecified atom stereocenters. The molecule has 0 spiro atoms. The second-order valence-electron chi connectivity index (χ2n) is 5.00. The van der Waals surface area contributed by atoms with Crippen molar-refractivity contribution in [2.24, 2.45) is 0 Å². The van der Waals surface area contributed by atoms with Gasteiger partial charge in [0.2, 0.25) is 0 Å². The van der Waals surface area contributed by atoms with Crippen LogP contribution in [0, 0.1) is 0 Å². The Morgan fingerprint density at radius 2 is 1.88 bits per heavy atom. The molecule has 126 valence electrons. The zero-order chi connectivity index (χ0) is 17.4. The van der Waals surface area contributed by atoms with Crippen LogP contribution in [0.3, 0.4) is 0 Å². The van der Waals surface area contributed by atoms with E-state index in [0.717, 1.165) is 14.4 Å². The van der Waals surface area contributed by atoms with Crippen LogP contribution < -0.4 is 5.69 Å². The van der Waals surface area contributed by atoms with Crippen LogP contribution in [0.1, 0.15) is 0 Å². The lowest BCUT2D eigenvalue weighted by Gasteiger charge is -2.06. The molecule has 0 saturated carbocycles. The summed E-state index contributed by atoms with van der Waals surface area (Å²) in [5, 5.41) is 16.3. The number of aromatic nitrogens is 5. The van der Waals surface area contributed by atoms with E-state index in [-0.39, 0.29) is 12.3 Å². The van der Waals surface area contributed by atoms with E-state index in [1.165, 1.54) is 34.2 Å². The Labute approximate surface area is 149 Å². The Balaban J connectivity index is 2.02. The summed E-state index contributed by atoms with van der Waals surface area (Å²) in [5.74, 6) is -0.424. The normalized spacial score (nSPS) is 11.1. The largest absolute Gasteiger partial charge is 0.468 e. The molecule has 0 radical (unpaired) electrons. The number of hydrogen-bond donors (Lipinski definition) is 0. The number of thiophene rings is 2. The SMILES string of the molecule is COC(=O)Cn1nc2nnc(-c3cccs3)c(-c3cccs3)n2c1=O. The van der Waals surface area contributed by atoms with Gasteiger partial charge in [0, 0.05) is 0 Å². The molecule has 0 aromatic carbocycles. The van der Waals surface area contributed by atoms with E-state index in [2.05, 4.69) is 20.0 Å². The van der Waals surface area contributed by atoms with Crippen LogP contribution in [0.2, 0.25) is 0 Å². The van der Waals surface area contributed by atoms with E-state index in [1.54, 1.807) is 0 Å². The molecule has 0 N–H and O–H groups in total. The summed E-state index contributed by atoms with van der Waals surface area (Å²) < 4.78 is 7.03. The third-order valence-electron chi connectivity index (χ3n) is 3.53. The van der Waals surface area contributed by atoms with Gasteiger partial charge < -0.3 is 4.74 Å². The van der Waals surface area contributed by atoms with Gasteiger partial charge in [-0.2, -0.15) is 4.68 Å². The predicted molar refractivity (Wildman–Crippen MR) is 93.7 cm³/mol. The Hall–Kier alpha value is -2.85. The van der Waals surface area contributed by atoms with Crippen molar-refractivity contribution in [2.45, 2.75) is 6.54 Å². The first kappa shape index (κ1) is 15.7. The smallest absolute Gasteiger partial charge is 0.352 e. The summed E-state index contributed by atoms with van der Waals surface area (Å²) in [7, 11) is 1.26. The van der Waals surface area contributed by atoms with Crippen LogP contribution in [0.4, 0.5) is 0 Å². The van der Waals surface area contributed by atoms with E-state index < -0.39 is 11.7 Å². The highest BCUT2D eigenvalue weighted by atomic mass is 32.1. The lowest BCUT2D eigenvalue weighted by molar-refractivity contribution is -0.141. The van der Waals surface area contributed by atoms with Crippen LogP contribution in [0.15, 0.2) is 39.8 Å². The van der Waals surface area contributed by atoms with Gasteiger partial charge in [0.05, 0.1) is 16.9 Å². The number of nitrogens with zero attached hydrogens (tertiary/aromatic N) is 5. The predicted octanol–water partition coefficient (Wildman–Crippen LogP) is 1.92. The molecule has 0 atom stereocenters. The first-order chi connectivity index (χ1) is 12.2. The van der Waals surface area contributed by atoms with Crippen LogP contribution in [-0.2, 0) is 16.1 Å². The number of carbonyl (C=O) groups is 1. The Kier molecular flexibility index (Phi) is 3.90. The molecule has 8 nitrogen and oxygen atoms in total. The lowest BCUT2D eigenvalue weighted by Crippen LogP contribution is -2.26. The third-order valence-corrected chi connectivity index (χ3v) is 5.28. The molecule has 4 aromatic heterocycles. The van der Waals surface area contributed by atoms with Crippen molar-refractivity contribution in [2.75, 3.05) is 7.11 Å². The highest BCUT2D eigenvalue weighted by Crippen LogP contribution is 2.34. The summed E-state index contributed by atoms with van der Waals surface area (Å²) in [4.78, 5) is 26.1. The van der Waals surface area contributed by atoms with E-state index in [0.29, 0.717) is 11.4 Å². The molecule has 10 heteroatoms. The quantitative estimate of drug-likeness (QED) is 0.508. The molecule has 0 amide bonds. The van der Waals surface area contributed by atoms with Gasteiger partial charge in [-0.3, -0.25) is 4.79 Å². The maximum atomic E-state index is 12.8. The number of hydrogen-bond acceptors (Lipinski definition) is 8. The van der Waals surface area contributed by atoms with E-state index in [9.17, 15) is 9.59 Å². The minimum absolute atomic E-state index is 0.137. The number of ether oxygens (including phenoxy) is 1. The third kappa shape index (κ3) is 2.65. The molecule has 0 fully saturated rings. The maximum absolute atomic E-state index is 12.8. The molecule has 4 heterocycles. The molecular weight excluding hydrogens is 362 g/mol. The van der Waals surface area contributed by atoms with E-state index in [4.69, 9.17) is 0 Å². The molecule has 0 aliphatic rings. The summed E-state index contributed by atoms with van der Waals surface area (Å²) in [6, 6.07) is 7.63. The van der Waals surface area contributed by atoms with Crippen molar-refractivity contribution in [3.05, 3.63) is 45.5 Å². The van der Waals surface area contributed by atoms with Gasteiger partial charge in [-0.05, 0) is 22.9 Å². The summed E-state index contributed by atoms with van der Waals surface area (Å²) >= 11 is 3.00. The highest BCUT2D eigenvalue weighted by Gasteiger charge is 2.21. The topological polar surface area (TPSA) is 91.4 Å². The van der Waals surface area contributed by atoms with Gasteiger partial charge in [0.15, 0.2) is 0 Å². The van der Waals surface area contributed by atoms with Crippen molar-refractivity contribution in [1.82, 2.24) is 24.4 Å². The average Bonchev–Trinajstić information content (AvgIpc) is 3.36. The zero-order valence-electron chi connectivity index (χ0n) is 12.9. The second-order valence-corrected chi connectivity index (χ2v) is 6.90. The van der Waals surface area contributed by atoms with Gasteiger partial charge in [-0.25, -0.2) is 9.20 Å². The number of esters is 1. The van der Waals surface area contributed by atoms with Crippen LogP contribution in [0.25, 0.3) is 26.9 Å². The summed E-state index contributed by atoms with van der Waals surface area (Å²) in [6.45, 7) is -0.281. The average molecular weight is 373 g/mol. The van der Waals surface area contributed by atoms with Gasteiger partial charge in [0.25, 0.3) is 5.78 Å². The van der Waals surface area contributed by atoms with Crippen molar-refractivity contribution in [3.63, 3.8) is 0 Å². The monoisotopic (exact) mass is 373 g/mol. The van der Waals surface area contributed by atoms with Crippen molar-refractivity contribution >= 4 is 34.4 Å². The molecule has 0 aliphatic carbocycles. The van der Waals surface area contributed by atoms with Crippen molar-refractivity contribution < 1.29 is 9.53 Å². The van der Waals surface area contributed by atoms with Crippen molar-refractivity contribution in [1.29, 1.82) is 0 Å². The maximum Gasteiger partial charge on any atom is 0.352 e. The van der Waals surface area contributed by atoms with Gasteiger partial charge in [-0.1, -0.05) is 12.1 Å². The number of carbonyl (C=O) groups excluding carboxylic acids is 1. The van der Waals surface area contributed by atoms with Gasteiger partial charge in [0.1, 0.15) is 17.9 Å². The fourth-order valence-electron chi connectivity index (χ4n) is 2.41. The van der Waals surface area contributed by atoms with Crippen molar-refractivity contribution in [3.8, 4) is 21.1 Å². The van der Waals surface area contributed by atoms with Crippen LogP contribution >= 0.6 is 22.7 Å². The summed E-state index contributed by atoms with van der Waals surface area (Å²) in [5.41, 5.74) is 0.754. The Morgan fingerprint density at radius 1 is 1.16 bits per heavy atom. The minimum atomic E-state index is -0.561. The minimum Gasteiger partial charge on any atom is -0.468 e. The van der Waals surface area contributed by atoms with Crippen LogP contribution in [0.5, 0.6) is 0 Å². The van der Waals surface area contributed by atoms with E-state index >= 15 is 0 Å². The number of rotatable bonds is 4. The number of methoxy groups -OCH3 is 1. The van der Waals surface area contributed by atoms with E-state index in [1.807, 2.05) is 35.0 Å². The van der Waals surface area contributed by atoms with Crippen LogP contribution in [-0.4, -0.2) is 37.5 Å². The van der Waals surface area contributed by atoms with Gasteiger partial charge >= 0.3 is 11.7 Å². The summed E-state index contributed by atoms with van der Waals surface area (Å²) in [6.07, 6.45) is 0. The highest BCUT2D eigenvalue weighted by molar-refractivity contribution is 7.14. The zero-order valence-corrected chi connectivity index (χ0v) is 14.6. The molecule has 0 saturated heterocycles. The Morgan fingerprint density at radius 3 is 2.52 bits per heavy atom. The number of fused-ring (bicyclic) bond motifs is 1. The first-order valence-corrected chi connectivity index (χ1v) is 8.96. The molecule has 25 heavy (non-hydrogen) atoms.